The zero-order chi connectivity index (χ0) is 51.3. The molecule has 0 aliphatic heterocycles. The first-order valence-corrected chi connectivity index (χ1v) is 33.7. The average Bonchev–Trinajstić information content (AvgIpc) is 3.37. The van der Waals surface area contributed by atoms with Gasteiger partial charge in [0.15, 0.2) is 0 Å². The molecule has 3 N–H and O–H groups in total. The smallest absolute Gasteiger partial charge is 0.220 e. The van der Waals surface area contributed by atoms with E-state index in [1.165, 1.54) is 353 Å². The summed E-state index contributed by atoms with van der Waals surface area (Å²) < 4.78 is 0. The molecule has 4 heteroatoms. The van der Waals surface area contributed by atoms with Crippen molar-refractivity contribution in [2.24, 2.45) is 0 Å². The van der Waals surface area contributed by atoms with Crippen molar-refractivity contribution < 1.29 is 15.0 Å². The van der Waals surface area contributed by atoms with E-state index in [-0.39, 0.29) is 12.5 Å². The molecule has 0 radical (unpaired) electrons. The molecule has 4 nitrogen and oxygen atoms in total. The summed E-state index contributed by atoms with van der Waals surface area (Å²) in [4.78, 5) is 12.5. The highest BCUT2D eigenvalue weighted by Gasteiger charge is 2.20. The van der Waals surface area contributed by atoms with Gasteiger partial charge in [0, 0.05) is 6.42 Å². The largest absolute Gasteiger partial charge is 0.394 e. The molecule has 2 atom stereocenters. The summed E-state index contributed by atoms with van der Waals surface area (Å²) in [5, 5.41) is 23.5. The number of nitrogens with one attached hydrogen (secondary N) is 1. The summed E-state index contributed by atoms with van der Waals surface area (Å²) in [6.07, 6.45) is 83.0. The van der Waals surface area contributed by atoms with Crippen LogP contribution in [0.4, 0.5) is 0 Å². The van der Waals surface area contributed by atoms with Crippen LogP contribution in [0.1, 0.15) is 406 Å². The molecule has 0 saturated carbocycles. The van der Waals surface area contributed by atoms with Crippen LogP contribution in [0.3, 0.4) is 0 Å². The molecule has 0 heterocycles. The minimum atomic E-state index is -0.656. The second-order valence-corrected chi connectivity index (χ2v) is 23.6. The molecule has 71 heavy (non-hydrogen) atoms. The van der Waals surface area contributed by atoms with Crippen LogP contribution in [0.2, 0.25) is 0 Å². The molecule has 1 amide bonds. The molecule has 0 fully saturated rings. The highest BCUT2D eigenvalue weighted by molar-refractivity contribution is 5.76. The van der Waals surface area contributed by atoms with Gasteiger partial charge >= 0.3 is 0 Å². The van der Waals surface area contributed by atoms with E-state index in [2.05, 4.69) is 19.2 Å². The van der Waals surface area contributed by atoms with E-state index in [1.807, 2.05) is 0 Å². The third-order valence-electron chi connectivity index (χ3n) is 16.4. The van der Waals surface area contributed by atoms with Crippen LogP contribution in [-0.2, 0) is 4.79 Å². The summed E-state index contributed by atoms with van der Waals surface area (Å²) in [7, 11) is 0. The molecule has 0 aromatic rings. The Hall–Kier alpha value is -0.610. The summed E-state index contributed by atoms with van der Waals surface area (Å²) in [6.45, 7) is 4.42. The summed E-state index contributed by atoms with van der Waals surface area (Å²) in [5.41, 5.74) is 0. The molecule has 426 valence electrons. The first kappa shape index (κ1) is 70.4. The van der Waals surface area contributed by atoms with Gasteiger partial charge in [0.25, 0.3) is 0 Å². The van der Waals surface area contributed by atoms with Gasteiger partial charge in [-0.15, -0.1) is 0 Å². The fourth-order valence-corrected chi connectivity index (χ4v) is 11.3. The Morgan fingerprint density at radius 3 is 0.634 bits per heavy atom. The van der Waals surface area contributed by atoms with Crippen LogP contribution in [0, 0.1) is 0 Å². The minimum Gasteiger partial charge on any atom is -0.394 e. The van der Waals surface area contributed by atoms with Crippen LogP contribution in [0.25, 0.3) is 0 Å². The lowest BCUT2D eigenvalue weighted by molar-refractivity contribution is -0.123. The van der Waals surface area contributed by atoms with E-state index in [0.29, 0.717) is 12.8 Å². The van der Waals surface area contributed by atoms with E-state index < -0.39 is 12.1 Å². The van der Waals surface area contributed by atoms with Crippen molar-refractivity contribution in [3.63, 3.8) is 0 Å². The van der Waals surface area contributed by atoms with E-state index in [0.717, 1.165) is 25.7 Å². The fourth-order valence-electron chi connectivity index (χ4n) is 11.3. The van der Waals surface area contributed by atoms with E-state index >= 15 is 0 Å². The third-order valence-corrected chi connectivity index (χ3v) is 16.4. The maximum absolute atomic E-state index is 12.5. The van der Waals surface area contributed by atoms with E-state index in [4.69, 9.17) is 0 Å². The average molecular weight is 1000 g/mol. The summed E-state index contributed by atoms with van der Waals surface area (Å²) >= 11 is 0. The quantitative estimate of drug-likeness (QED) is 0.0532. The molecule has 0 aromatic heterocycles. The molecule has 0 aliphatic rings. The molecule has 0 bridgehead atoms. The highest BCUT2D eigenvalue weighted by atomic mass is 16.3. The van der Waals surface area contributed by atoms with Gasteiger partial charge in [0.05, 0.1) is 18.8 Å². The predicted molar refractivity (Wildman–Crippen MR) is 318 cm³/mol. The van der Waals surface area contributed by atoms with Crippen molar-refractivity contribution in [3.8, 4) is 0 Å². The van der Waals surface area contributed by atoms with Gasteiger partial charge in [-0.05, 0) is 12.8 Å². The molecule has 0 aromatic carbocycles. The number of rotatable bonds is 64. The van der Waals surface area contributed by atoms with E-state index in [1.54, 1.807) is 0 Å². The Labute approximate surface area is 448 Å². The molecule has 0 rings (SSSR count). The van der Waals surface area contributed by atoms with Crippen molar-refractivity contribution in [1.29, 1.82) is 0 Å². The summed E-state index contributed by atoms with van der Waals surface area (Å²) in [5.74, 6) is -0.0196. The Morgan fingerprint density at radius 2 is 0.451 bits per heavy atom. The Balaban J connectivity index is 3.36. The molecular formula is C67H135NO3. The number of carbonyl (C=O) groups is 1. The van der Waals surface area contributed by atoms with Crippen LogP contribution in [-0.4, -0.2) is 34.9 Å². The Kier molecular flexibility index (Phi) is 63.1. The van der Waals surface area contributed by atoms with Crippen molar-refractivity contribution in [3.05, 3.63) is 0 Å². The topological polar surface area (TPSA) is 69.6 Å². The SMILES string of the molecule is CCCCCCCCCCCCCCCCCCCCCCCCCCCCCCCCC(O)C(CO)NC(=O)CCCCCCCCCCCCCCCCCCCCCCCCCCCCCCC. The second-order valence-electron chi connectivity index (χ2n) is 23.6. The van der Waals surface area contributed by atoms with Gasteiger partial charge in [-0.2, -0.15) is 0 Å². The highest BCUT2D eigenvalue weighted by Crippen LogP contribution is 2.20. The van der Waals surface area contributed by atoms with Crippen molar-refractivity contribution in [2.75, 3.05) is 6.61 Å². The number of amides is 1. The maximum Gasteiger partial charge on any atom is 0.220 e. The lowest BCUT2D eigenvalue weighted by atomic mass is 10.0. The van der Waals surface area contributed by atoms with E-state index in [9.17, 15) is 15.0 Å². The molecular weight excluding hydrogens is 867 g/mol. The maximum atomic E-state index is 12.5. The molecule has 0 saturated heterocycles. The lowest BCUT2D eigenvalue weighted by Crippen LogP contribution is -2.45. The number of unbranched alkanes of at least 4 members (excludes halogenated alkanes) is 57. The van der Waals surface area contributed by atoms with Gasteiger partial charge in [0.2, 0.25) is 5.91 Å². The van der Waals surface area contributed by atoms with Crippen LogP contribution in [0.5, 0.6) is 0 Å². The standard InChI is InChI=1S/C67H135NO3/c1-3-5-7-9-11-13-15-17-19-21-23-25-27-29-31-33-35-36-38-40-42-44-46-48-50-52-54-56-58-60-62-66(70)65(64-69)68-67(71)63-61-59-57-55-53-51-49-47-45-43-41-39-37-34-32-30-28-26-24-22-20-18-16-14-12-10-8-6-4-2/h65-66,69-70H,3-64H2,1-2H3,(H,68,71). The normalized spacial score (nSPS) is 12.6. The first-order valence-electron chi connectivity index (χ1n) is 33.7. The number of hydrogen-bond acceptors (Lipinski definition) is 3. The minimum absolute atomic E-state index is 0.0196. The van der Waals surface area contributed by atoms with Crippen LogP contribution in [0.15, 0.2) is 0 Å². The third kappa shape index (κ3) is 60.1. The fraction of sp³-hybridized carbons (Fsp3) is 0.985. The van der Waals surface area contributed by atoms with Gasteiger partial charge in [0.1, 0.15) is 0 Å². The monoisotopic (exact) mass is 1000 g/mol. The van der Waals surface area contributed by atoms with Crippen LogP contribution >= 0.6 is 0 Å². The lowest BCUT2D eigenvalue weighted by Gasteiger charge is -2.22. The Bertz CT molecular complexity index is 956. The number of aliphatic hydroxyl groups excluding tert-OH is 2. The Morgan fingerprint density at radius 1 is 0.282 bits per heavy atom. The number of hydrogen-bond donors (Lipinski definition) is 3. The number of aliphatic hydroxyl groups is 2. The van der Waals surface area contributed by atoms with Crippen LogP contribution < -0.4 is 5.32 Å². The predicted octanol–water partition coefficient (Wildman–Crippen LogP) is 22.7. The summed E-state index contributed by atoms with van der Waals surface area (Å²) in [6, 6.07) is -0.533. The second kappa shape index (κ2) is 63.7. The zero-order valence-electron chi connectivity index (χ0n) is 49.3. The van der Waals surface area contributed by atoms with Gasteiger partial charge < -0.3 is 15.5 Å². The van der Waals surface area contributed by atoms with Crippen molar-refractivity contribution in [1.82, 2.24) is 5.32 Å². The van der Waals surface area contributed by atoms with Gasteiger partial charge in [-0.1, -0.05) is 386 Å². The van der Waals surface area contributed by atoms with Crippen molar-refractivity contribution in [2.45, 2.75) is 418 Å². The van der Waals surface area contributed by atoms with Gasteiger partial charge in [-0.3, -0.25) is 4.79 Å². The number of carbonyl (C=O) groups excluding carboxylic acids is 1. The molecule has 0 spiro atoms. The zero-order valence-corrected chi connectivity index (χ0v) is 49.3. The van der Waals surface area contributed by atoms with Crippen molar-refractivity contribution >= 4 is 5.91 Å². The molecule has 0 aliphatic carbocycles. The van der Waals surface area contributed by atoms with Gasteiger partial charge in [-0.25, -0.2) is 0 Å². The molecule has 2 unspecified atom stereocenters. The first-order chi connectivity index (χ1) is 35.2.